The van der Waals surface area contributed by atoms with Gasteiger partial charge >= 0.3 is 6.18 Å². The Morgan fingerprint density at radius 1 is 1.18 bits per heavy atom. The minimum absolute atomic E-state index is 0.0768. The number of rotatable bonds is 7. The third kappa shape index (κ3) is 5.93. The molecule has 3 aliphatic rings. The van der Waals surface area contributed by atoms with E-state index in [2.05, 4.69) is 38.2 Å². The fraction of sp³-hybridized carbons (Fsp3) is 0.517. The summed E-state index contributed by atoms with van der Waals surface area (Å²) in [6, 6.07) is 5.48. The molecular formula is C29H37F3N6O2. The van der Waals surface area contributed by atoms with E-state index < -0.39 is 18.4 Å². The third-order valence-corrected chi connectivity index (χ3v) is 7.79. The van der Waals surface area contributed by atoms with Gasteiger partial charge in [0.05, 0.1) is 17.6 Å². The van der Waals surface area contributed by atoms with Crippen molar-refractivity contribution >= 4 is 23.1 Å². The van der Waals surface area contributed by atoms with Crippen molar-refractivity contribution in [2.45, 2.75) is 64.3 Å². The molecule has 0 spiro atoms. The van der Waals surface area contributed by atoms with E-state index >= 15 is 0 Å². The first-order chi connectivity index (χ1) is 18.9. The van der Waals surface area contributed by atoms with Gasteiger partial charge in [0.25, 0.3) is 0 Å². The summed E-state index contributed by atoms with van der Waals surface area (Å²) in [4.78, 5) is 15.6. The highest BCUT2D eigenvalue weighted by Crippen LogP contribution is 2.45. The Balaban J connectivity index is 1.43. The number of nitrogens with zero attached hydrogens (tertiary/aromatic N) is 5. The summed E-state index contributed by atoms with van der Waals surface area (Å²) in [7, 11) is 0. The largest absolute Gasteiger partial charge is 0.482 e. The SMILES string of the molecule is C=C(C)N1CCN(c2ccc(Nc3ncc4c(n3)N(C3CCCC3)C(=C)C(C)(C)O4)c(OCC(F)(F)F)c2)CC1. The van der Waals surface area contributed by atoms with Crippen molar-refractivity contribution in [2.75, 3.05) is 47.9 Å². The summed E-state index contributed by atoms with van der Waals surface area (Å²) in [6.45, 7) is 15.9. The van der Waals surface area contributed by atoms with E-state index in [-0.39, 0.29) is 17.7 Å². The van der Waals surface area contributed by atoms with Gasteiger partial charge in [0.2, 0.25) is 5.95 Å². The zero-order chi connectivity index (χ0) is 28.7. The van der Waals surface area contributed by atoms with Gasteiger partial charge in [0, 0.05) is 49.7 Å². The van der Waals surface area contributed by atoms with E-state index in [4.69, 9.17) is 14.5 Å². The number of piperazine rings is 1. The van der Waals surface area contributed by atoms with Gasteiger partial charge in [-0.25, -0.2) is 4.98 Å². The molecule has 1 saturated carbocycles. The fourth-order valence-electron chi connectivity index (χ4n) is 5.53. The molecular weight excluding hydrogens is 521 g/mol. The number of anilines is 4. The molecule has 1 aliphatic carbocycles. The minimum atomic E-state index is -4.48. The van der Waals surface area contributed by atoms with Gasteiger partial charge in [-0.2, -0.15) is 18.2 Å². The number of allylic oxidation sites excluding steroid dienone is 1. The smallest absolute Gasteiger partial charge is 0.422 e. The lowest BCUT2D eigenvalue weighted by molar-refractivity contribution is -0.153. The molecule has 5 rings (SSSR count). The minimum Gasteiger partial charge on any atom is -0.482 e. The van der Waals surface area contributed by atoms with Gasteiger partial charge in [-0.3, -0.25) is 0 Å². The second-order valence-corrected chi connectivity index (χ2v) is 11.2. The highest BCUT2D eigenvalue weighted by Gasteiger charge is 2.41. The number of benzene rings is 1. The quantitative estimate of drug-likeness (QED) is 0.428. The Bertz CT molecular complexity index is 1270. The predicted molar refractivity (Wildman–Crippen MR) is 150 cm³/mol. The normalized spacial score (nSPS) is 19.4. The Hall–Kier alpha value is -3.63. The standard InChI is InChI=1S/C29H37F3N6O2/c1-19(2)36-12-14-37(15-13-36)22-10-11-23(24(16-22)39-18-29(30,31)32)34-27-33-17-25-26(35-27)38(21-8-6-7-9-21)20(3)28(4,5)40-25/h10-11,16-17,21H,1,3,6-9,12-15,18H2,2,4-5H3,(H,33,34,35). The topological polar surface area (TPSA) is 66.0 Å². The molecule has 2 aliphatic heterocycles. The molecule has 2 fully saturated rings. The Morgan fingerprint density at radius 3 is 2.52 bits per heavy atom. The summed E-state index contributed by atoms with van der Waals surface area (Å²) < 4.78 is 50.8. The number of halogens is 3. The first-order valence-electron chi connectivity index (χ1n) is 13.7. The molecule has 1 aromatic carbocycles. The van der Waals surface area contributed by atoms with Crippen LogP contribution in [0.3, 0.4) is 0 Å². The molecule has 0 amide bonds. The van der Waals surface area contributed by atoms with Gasteiger partial charge in [-0.15, -0.1) is 0 Å². The second kappa shape index (κ2) is 10.7. The highest BCUT2D eigenvalue weighted by molar-refractivity contribution is 5.70. The van der Waals surface area contributed by atoms with Crippen molar-refractivity contribution in [3.63, 3.8) is 0 Å². The zero-order valence-corrected chi connectivity index (χ0v) is 23.4. The predicted octanol–water partition coefficient (Wildman–Crippen LogP) is 6.25. The van der Waals surface area contributed by atoms with Crippen LogP contribution in [0.5, 0.6) is 11.5 Å². The van der Waals surface area contributed by atoms with Gasteiger partial charge in [0.1, 0.15) is 11.4 Å². The molecule has 0 atom stereocenters. The molecule has 1 N–H and O–H groups in total. The molecule has 1 saturated heterocycles. The molecule has 0 bridgehead atoms. The van der Waals surface area contributed by atoms with Gasteiger partial charge in [-0.05, 0) is 45.7 Å². The average molecular weight is 559 g/mol. The maximum atomic E-state index is 13.1. The Labute approximate surface area is 233 Å². The van der Waals surface area contributed by atoms with E-state index in [0.29, 0.717) is 17.3 Å². The molecule has 11 heteroatoms. The lowest BCUT2D eigenvalue weighted by Crippen LogP contribution is -2.48. The monoisotopic (exact) mass is 558 g/mol. The lowest BCUT2D eigenvalue weighted by atomic mass is 10.00. The van der Waals surface area contributed by atoms with Crippen molar-refractivity contribution in [1.29, 1.82) is 0 Å². The summed E-state index contributed by atoms with van der Waals surface area (Å²) in [5.41, 5.74) is 2.34. The van der Waals surface area contributed by atoms with E-state index in [1.807, 2.05) is 26.8 Å². The van der Waals surface area contributed by atoms with Crippen LogP contribution in [0.1, 0.15) is 46.5 Å². The van der Waals surface area contributed by atoms with E-state index in [0.717, 1.165) is 68.9 Å². The number of fused-ring (bicyclic) bond motifs is 1. The maximum absolute atomic E-state index is 13.1. The van der Waals surface area contributed by atoms with Crippen LogP contribution in [0.2, 0.25) is 0 Å². The summed E-state index contributed by atoms with van der Waals surface area (Å²) >= 11 is 0. The van der Waals surface area contributed by atoms with Crippen LogP contribution in [0, 0.1) is 0 Å². The van der Waals surface area contributed by atoms with Gasteiger partial charge < -0.3 is 29.5 Å². The summed E-state index contributed by atoms with van der Waals surface area (Å²) in [5.74, 6) is 1.47. The highest BCUT2D eigenvalue weighted by atomic mass is 19.4. The number of nitrogens with one attached hydrogen (secondary N) is 1. The van der Waals surface area contributed by atoms with Crippen molar-refractivity contribution in [2.24, 2.45) is 0 Å². The van der Waals surface area contributed by atoms with Gasteiger partial charge in [-0.1, -0.05) is 26.0 Å². The van der Waals surface area contributed by atoms with E-state index in [1.165, 1.54) is 0 Å². The van der Waals surface area contributed by atoms with Crippen molar-refractivity contribution in [3.05, 3.63) is 48.9 Å². The van der Waals surface area contributed by atoms with Crippen LogP contribution in [-0.4, -0.2) is 65.5 Å². The van der Waals surface area contributed by atoms with Crippen LogP contribution < -0.4 is 24.6 Å². The van der Waals surface area contributed by atoms with E-state index in [1.54, 1.807) is 18.3 Å². The number of alkyl halides is 3. The van der Waals surface area contributed by atoms with Crippen LogP contribution in [0.4, 0.5) is 36.3 Å². The number of hydrogen-bond acceptors (Lipinski definition) is 8. The van der Waals surface area contributed by atoms with Crippen LogP contribution in [0.15, 0.2) is 48.9 Å². The van der Waals surface area contributed by atoms with Crippen LogP contribution in [-0.2, 0) is 0 Å². The molecule has 2 aromatic rings. The fourth-order valence-corrected chi connectivity index (χ4v) is 5.53. The van der Waals surface area contributed by atoms with Crippen LogP contribution in [0.25, 0.3) is 0 Å². The lowest BCUT2D eigenvalue weighted by Gasteiger charge is -2.44. The molecule has 216 valence electrons. The van der Waals surface area contributed by atoms with Crippen molar-refractivity contribution < 1.29 is 22.6 Å². The number of ether oxygens (including phenoxy) is 2. The summed E-state index contributed by atoms with van der Waals surface area (Å²) in [6.07, 6.45) is 1.45. The Kier molecular flexibility index (Phi) is 7.50. The number of hydrogen-bond donors (Lipinski definition) is 1. The second-order valence-electron chi connectivity index (χ2n) is 11.2. The third-order valence-electron chi connectivity index (χ3n) is 7.79. The molecule has 0 unspecified atom stereocenters. The van der Waals surface area contributed by atoms with Gasteiger partial charge in [0.15, 0.2) is 18.2 Å². The molecule has 40 heavy (non-hydrogen) atoms. The van der Waals surface area contributed by atoms with Crippen molar-refractivity contribution in [3.8, 4) is 11.5 Å². The average Bonchev–Trinajstić information content (AvgIpc) is 3.43. The first kappa shape index (κ1) is 27.9. The van der Waals surface area contributed by atoms with E-state index in [9.17, 15) is 13.2 Å². The molecule has 3 heterocycles. The molecule has 0 radical (unpaired) electrons. The van der Waals surface area contributed by atoms with Crippen LogP contribution >= 0.6 is 0 Å². The van der Waals surface area contributed by atoms with Crippen molar-refractivity contribution in [1.82, 2.24) is 14.9 Å². The maximum Gasteiger partial charge on any atom is 0.422 e. The summed E-state index contributed by atoms with van der Waals surface area (Å²) in [5, 5.41) is 3.09. The number of aromatic nitrogens is 2. The molecule has 1 aromatic heterocycles. The molecule has 8 nitrogen and oxygen atoms in total. The zero-order valence-electron chi connectivity index (χ0n) is 23.4. The first-order valence-corrected chi connectivity index (χ1v) is 13.7. The Morgan fingerprint density at radius 2 is 1.88 bits per heavy atom.